The topological polar surface area (TPSA) is 58.3 Å². The van der Waals surface area contributed by atoms with E-state index in [1.807, 2.05) is 0 Å². The Hall–Kier alpha value is -0.120. The van der Waals surface area contributed by atoms with Crippen molar-refractivity contribution in [3.63, 3.8) is 0 Å². The quantitative estimate of drug-likeness (QED) is 0.655. The maximum atomic E-state index is 9.02. The normalized spacial score (nSPS) is 30.7. The fourth-order valence-electron chi connectivity index (χ4n) is 3.52. The molecule has 1 aliphatic carbocycles. The van der Waals surface area contributed by atoms with Crippen molar-refractivity contribution in [2.24, 2.45) is 17.6 Å². The highest BCUT2D eigenvalue weighted by Gasteiger charge is 2.35. The average molecular weight is 256 g/mol. The van der Waals surface area contributed by atoms with Gasteiger partial charge in [0.05, 0.1) is 0 Å². The minimum absolute atomic E-state index is 0.117. The van der Waals surface area contributed by atoms with Crippen molar-refractivity contribution >= 4 is 0 Å². The molecule has 108 valence electrons. The Morgan fingerprint density at radius 1 is 1.39 bits per heavy atom. The summed E-state index contributed by atoms with van der Waals surface area (Å²) in [6, 6.07) is 0.358. The lowest BCUT2D eigenvalue weighted by Gasteiger charge is -2.43. The van der Waals surface area contributed by atoms with E-state index in [1.165, 1.54) is 32.1 Å². The molecule has 3 heteroatoms. The molecule has 0 bridgehead atoms. The fraction of sp³-hybridized carbons (Fsp3) is 1.00. The van der Waals surface area contributed by atoms with Crippen molar-refractivity contribution in [3.05, 3.63) is 0 Å². The van der Waals surface area contributed by atoms with Gasteiger partial charge >= 0.3 is 0 Å². The molecule has 0 aromatic carbocycles. The molecule has 18 heavy (non-hydrogen) atoms. The van der Waals surface area contributed by atoms with E-state index in [4.69, 9.17) is 10.8 Å². The third-order valence-electron chi connectivity index (χ3n) is 4.26. The third-order valence-corrected chi connectivity index (χ3v) is 4.26. The van der Waals surface area contributed by atoms with Crippen LogP contribution in [0.15, 0.2) is 0 Å². The fourth-order valence-corrected chi connectivity index (χ4v) is 3.52. The molecular weight excluding hydrogens is 224 g/mol. The van der Waals surface area contributed by atoms with Gasteiger partial charge in [-0.2, -0.15) is 0 Å². The zero-order valence-electron chi connectivity index (χ0n) is 12.4. The molecule has 0 saturated heterocycles. The molecule has 0 spiro atoms. The second-order valence-electron chi connectivity index (χ2n) is 6.63. The van der Waals surface area contributed by atoms with E-state index in [0.717, 1.165) is 24.8 Å². The number of rotatable bonds is 7. The number of aliphatic hydroxyl groups excluding tert-OH is 1. The van der Waals surface area contributed by atoms with Gasteiger partial charge in [0.2, 0.25) is 0 Å². The molecule has 0 aromatic heterocycles. The summed E-state index contributed by atoms with van der Waals surface area (Å²) in [6.45, 7) is 7.74. The number of nitrogens with two attached hydrogens (primary N) is 1. The van der Waals surface area contributed by atoms with Crippen molar-refractivity contribution in [2.45, 2.75) is 70.9 Å². The number of hydrogen-bond acceptors (Lipinski definition) is 3. The van der Waals surface area contributed by atoms with Crippen LogP contribution in [0.5, 0.6) is 0 Å². The largest absolute Gasteiger partial charge is 0.396 e. The van der Waals surface area contributed by atoms with Crippen LogP contribution < -0.4 is 11.1 Å². The van der Waals surface area contributed by atoms with Gasteiger partial charge in [-0.1, -0.05) is 26.7 Å². The van der Waals surface area contributed by atoms with Gasteiger partial charge in [0.15, 0.2) is 0 Å². The van der Waals surface area contributed by atoms with Crippen LogP contribution in [-0.4, -0.2) is 29.8 Å². The molecule has 1 fully saturated rings. The van der Waals surface area contributed by atoms with Crippen LogP contribution in [0, 0.1) is 11.8 Å². The number of hydrogen-bond donors (Lipinski definition) is 3. The standard InChI is InChI=1S/C15H32N2O/c1-12(2)9-14-5-4-7-15(10-14,11-16)17-13(3)6-8-18/h12-14,17-18H,4-11,16H2,1-3H3. The summed E-state index contributed by atoms with van der Waals surface area (Å²) in [5, 5.41) is 12.7. The predicted molar refractivity (Wildman–Crippen MR) is 77.5 cm³/mol. The lowest BCUT2D eigenvalue weighted by atomic mass is 9.72. The average Bonchev–Trinajstić information content (AvgIpc) is 2.28. The van der Waals surface area contributed by atoms with Crippen LogP contribution in [0.4, 0.5) is 0 Å². The summed E-state index contributed by atoms with van der Waals surface area (Å²) in [7, 11) is 0. The van der Waals surface area contributed by atoms with Gasteiger partial charge in [-0.25, -0.2) is 0 Å². The molecule has 1 aliphatic rings. The molecule has 1 saturated carbocycles. The van der Waals surface area contributed by atoms with Gasteiger partial charge in [0, 0.05) is 24.7 Å². The molecule has 0 heterocycles. The summed E-state index contributed by atoms with van der Waals surface area (Å²) in [6.07, 6.45) is 7.17. The molecule has 3 atom stereocenters. The monoisotopic (exact) mass is 256 g/mol. The lowest BCUT2D eigenvalue weighted by molar-refractivity contribution is 0.147. The smallest absolute Gasteiger partial charge is 0.0445 e. The summed E-state index contributed by atoms with van der Waals surface area (Å²) >= 11 is 0. The van der Waals surface area contributed by atoms with Gasteiger partial charge in [-0.3, -0.25) is 0 Å². The van der Waals surface area contributed by atoms with Crippen molar-refractivity contribution < 1.29 is 5.11 Å². The summed E-state index contributed by atoms with van der Waals surface area (Å²) < 4.78 is 0. The lowest BCUT2D eigenvalue weighted by Crippen LogP contribution is -2.57. The first-order valence-electron chi connectivity index (χ1n) is 7.60. The molecule has 3 nitrogen and oxygen atoms in total. The van der Waals surface area contributed by atoms with Crippen molar-refractivity contribution in [1.82, 2.24) is 5.32 Å². The number of nitrogens with one attached hydrogen (secondary N) is 1. The Bertz CT molecular complexity index is 233. The van der Waals surface area contributed by atoms with Gasteiger partial charge in [-0.15, -0.1) is 0 Å². The Morgan fingerprint density at radius 3 is 2.67 bits per heavy atom. The highest BCUT2D eigenvalue weighted by molar-refractivity contribution is 4.96. The Kier molecular flexibility index (Phi) is 6.61. The summed E-state index contributed by atoms with van der Waals surface area (Å²) in [5.41, 5.74) is 6.17. The Labute approximate surface area is 113 Å². The first kappa shape index (κ1) is 15.9. The van der Waals surface area contributed by atoms with Crippen molar-refractivity contribution in [1.29, 1.82) is 0 Å². The van der Waals surface area contributed by atoms with Crippen molar-refractivity contribution in [3.8, 4) is 0 Å². The van der Waals surface area contributed by atoms with Crippen molar-refractivity contribution in [2.75, 3.05) is 13.2 Å². The van der Waals surface area contributed by atoms with E-state index >= 15 is 0 Å². The van der Waals surface area contributed by atoms with Gasteiger partial charge in [0.1, 0.15) is 0 Å². The zero-order chi connectivity index (χ0) is 13.6. The summed E-state index contributed by atoms with van der Waals surface area (Å²) in [5.74, 6) is 1.59. The van der Waals surface area contributed by atoms with Gasteiger partial charge in [-0.05, 0) is 44.4 Å². The SMILES string of the molecule is CC(C)CC1CCCC(CN)(NC(C)CCO)C1. The molecule has 3 unspecified atom stereocenters. The van der Waals surface area contributed by atoms with Crippen LogP contribution in [0.25, 0.3) is 0 Å². The van der Waals surface area contributed by atoms with E-state index in [1.54, 1.807) is 0 Å². The van der Waals surface area contributed by atoms with Crippen LogP contribution in [0.1, 0.15) is 59.3 Å². The van der Waals surface area contributed by atoms with Crippen LogP contribution in [0.2, 0.25) is 0 Å². The molecule has 0 aliphatic heterocycles. The summed E-state index contributed by atoms with van der Waals surface area (Å²) in [4.78, 5) is 0. The molecule has 4 N–H and O–H groups in total. The highest BCUT2D eigenvalue weighted by Crippen LogP contribution is 2.35. The third kappa shape index (κ3) is 4.87. The molecule has 1 rings (SSSR count). The molecule has 0 amide bonds. The van der Waals surface area contributed by atoms with Crippen LogP contribution in [0.3, 0.4) is 0 Å². The maximum Gasteiger partial charge on any atom is 0.0445 e. The maximum absolute atomic E-state index is 9.02. The highest BCUT2D eigenvalue weighted by atomic mass is 16.3. The molecule has 0 aromatic rings. The molecular formula is C15H32N2O. The van der Waals surface area contributed by atoms with Crippen LogP contribution >= 0.6 is 0 Å². The minimum atomic E-state index is 0.117. The Morgan fingerprint density at radius 2 is 2.11 bits per heavy atom. The van der Waals surface area contributed by atoms with E-state index in [2.05, 4.69) is 26.1 Å². The van der Waals surface area contributed by atoms with Crippen LogP contribution in [-0.2, 0) is 0 Å². The zero-order valence-corrected chi connectivity index (χ0v) is 12.4. The van der Waals surface area contributed by atoms with Gasteiger partial charge in [0.25, 0.3) is 0 Å². The first-order chi connectivity index (χ1) is 8.51. The van der Waals surface area contributed by atoms with E-state index in [0.29, 0.717) is 6.04 Å². The number of aliphatic hydroxyl groups is 1. The molecule has 0 radical (unpaired) electrons. The van der Waals surface area contributed by atoms with E-state index in [9.17, 15) is 0 Å². The second kappa shape index (κ2) is 7.46. The second-order valence-corrected chi connectivity index (χ2v) is 6.63. The van der Waals surface area contributed by atoms with Gasteiger partial charge < -0.3 is 16.2 Å². The predicted octanol–water partition coefficient (Wildman–Crippen LogP) is 2.28. The van der Waals surface area contributed by atoms with E-state index < -0.39 is 0 Å². The van der Waals surface area contributed by atoms with E-state index in [-0.39, 0.29) is 12.1 Å². The minimum Gasteiger partial charge on any atom is -0.396 e. The Balaban J connectivity index is 2.56. The first-order valence-corrected chi connectivity index (χ1v) is 7.60.